The molecule has 0 unspecified atom stereocenters. The first kappa shape index (κ1) is 16.7. The molecule has 2 aromatic carbocycles. The Balaban J connectivity index is 1.47. The van der Waals surface area contributed by atoms with Crippen molar-refractivity contribution in [1.29, 1.82) is 0 Å². The Hall–Kier alpha value is -3.15. The van der Waals surface area contributed by atoms with Crippen molar-refractivity contribution in [2.24, 2.45) is 0 Å². The number of esters is 1. The zero-order valence-corrected chi connectivity index (χ0v) is 13.8. The van der Waals surface area contributed by atoms with Gasteiger partial charge in [-0.05, 0) is 30.2 Å². The van der Waals surface area contributed by atoms with Crippen molar-refractivity contribution in [2.45, 2.75) is 19.9 Å². The summed E-state index contributed by atoms with van der Waals surface area (Å²) in [5.41, 5.74) is 3.23. The van der Waals surface area contributed by atoms with E-state index in [1.54, 1.807) is 6.07 Å². The number of para-hydroxylation sites is 1. The Morgan fingerprint density at radius 3 is 2.72 bits per heavy atom. The summed E-state index contributed by atoms with van der Waals surface area (Å²) in [7, 11) is 0. The lowest BCUT2D eigenvalue weighted by Gasteiger charge is -2.08. The molecule has 0 saturated carbocycles. The van der Waals surface area contributed by atoms with E-state index in [9.17, 15) is 9.59 Å². The van der Waals surface area contributed by atoms with Crippen molar-refractivity contribution in [3.8, 4) is 0 Å². The fraction of sp³-hybridized carbons (Fsp3) is 0.211. The van der Waals surface area contributed by atoms with E-state index in [2.05, 4.69) is 10.5 Å². The largest absolute Gasteiger partial charge is 0.455 e. The smallest absolute Gasteiger partial charge is 0.312 e. The summed E-state index contributed by atoms with van der Waals surface area (Å²) in [6.07, 6.45) is -0.0396. The number of amides is 1. The Morgan fingerprint density at radius 1 is 1.12 bits per heavy atom. The lowest BCUT2D eigenvalue weighted by molar-refractivity contribution is -0.148. The normalized spacial score (nSPS) is 10.6. The second kappa shape index (κ2) is 7.61. The van der Waals surface area contributed by atoms with Crippen LogP contribution in [0.3, 0.4) is 0 Å². The van der Waals surface area contributed by atoms with Crippen LogP contribution >= 0.6 is 0 Å². The van der Waals surface area contributed by atoms with Gasteiger partial charge in [-0.2, -0.15) is 0 Å². The van der Waals surface area contributed by atoms with Gasteiger partial charge in [0, 0.05) is 11.9 Å². The molecule has 0 aliphatic rings. The second-order valence-corrected chi connectivity index (χ2v) is 5.67. The Labute approximate surface area is 144 Å². The molecule has 6 nitrogen and oxygen atoms in total. The highest BCUT2D eigenvalue weighted by Crippen LogP contribution is 2.18. The predicted octanol–water partition coefficient (Wildman–Crippen LogP) is 2.54. The van der Waals surface area contributed by atoms with Gasteiger partial charge in [-0.15, -0.1) is 0 Å². The van der Waals surface area contributed by atoms with Gasteiger partial charge in [0.25, 0.3) is 5.91 Å². The van der Waals surface area contributed by atoms with Gasteiger partial charge in [0.05, 0.1) is 6.42 Å². The molecule has 0 atom stereocenters. The number of ether oxygens (including phenoxy) is 1. The Kier molecular flexibility index (Phi) is 5.09. The molecule has 1 aromatic heterocycles. The van der Waals surface area contributed by atoms with Gasteiger partial charge >= 0.3 is 5.97 Å². The molecule has 1 amide bonds. The van der Waals surface area contributed by atoms with Crippen molar-refractivity contribution in [3.63, 3.8) is 0 Å². The van der Waals surface area contributed by atoms with Gasteiger partial charge in [0.15, 0.2) is 12.2 Å². The van der Waals surface area contributed by atoms with E-state index >= 15 is 0 Å². The summed E-state index contributed by atoms with van der Waals surface area (Å²) in [6, 6.07) is 15.0. The van der Waals surface area contributed by atoms with Crippen LogP contribution in [-0.4, -0.2) is 23.6 Å². The van der Waals surface area contributed by atoms with Crippen LogP contribution in [0.5, 0.6) is 0 Å². The summed E-state index contributed by atoms with van der Waals surface area (Å²) in [5.74, 6) is -0.869. The Bertz CT molecular complexity index is 901. The molecule has 0 aliphatic heterocycles. The zero-order valence-electron chi connectivity index (χ0n) is 13.8. The molecule has 1 heterocycles. The minimum absolute atomic E-state index is 0.0396. The molecule has 0 saturated heterocycles. The lowest BCUT2D eigenvalue weighted by Crippen LogP contribution is -2.29. The maximum Gasteiger partial charge on any atom is 0.312 e. The summed E-state index contributed by atoms with van der Waals surface area (Å²) in [6.45, 7) is 2.06. The number of hydrogen-bond acceptors (Lipinski definition) is 5. The van der Waals surface area contributed by atoms with Crippen molar-refractivity contribution in [2.75, 3.05) is 6.61 Å². The second-order valence-electron chi connectivity index (χ2n) is 5.67. The highest BCUT2D eigenvalue weighted by atomic mass is 16.5. The average molecular weight is 338 g/mol. The molecule has 0 bridgehead atoms. The van der Waals surface area contributed by atoms with Crippen LogP contribution in [0.15, 0.2) is 53.1 Å². The fourth-order valence-corrected chi connectivity index (χ4v) is 2.45. The first-order chi connectivity index (χ1) is 12.1. The van der Waals surface area contributed by atoms with Gasteiger partial charge in [-0.25, -0.2) is 0 Å². The number of carbonyl (C=O) groups is 2. The molecule has 3 aromatic rings. The molecular weight excluding hydrogens is 320 g/mol. The van der Waals surface area contributed by atoms with Crippen LogP contribution in [0.4, 0.5) is 0 Å². The van der Waals surface area contributed by atoms with Crippen molar-refractivity contribution in [1.82, 2.24) is 10.5 Å². The number of aryl methyl sites for hydroxylation is 1. The molecule has 0 aliphatic carbocycles. The van der Waals surface area contributed by atoms with Crippen LogP contribution in [0.2, 0.25) is 0 Å². The standard InChI is InChI=1S/C19H18N2O4/c1-13-6-2-3-7-14(13)11-20-18(22)12-24-19(23)10-16-15-8-4-5-9-17(15)25-21-16/h2-9H,10-12H2,1H3,(H,20,22). The summed E-state index contributed by atoms with van der Waals surface area (Å²) < 4.78 is 10.1. The van der Waals surface area contributed by atoms with Crippen LogP contribution in [0.1, 0.15) is 16.8 Å². The lowest BCUT2D eigenvalue weighted by atomic mass is 10.1. The molecule has 128 valence electrons. The maximum absolute atomic E-state index is 11.9. The van der Waals surface area contributed by atoms with Crippen molar-refractivity contribution < 1.29 is 18.8 Å². The SMILES string of the molecule is Cc1ccccc1CNC(=O)COC(=O)Cc1noc2ccccc12. The third-order valence-corrected chi connectivity index (χ3v) is 3.87. The third kappa shape index (κ3) is 4.23. The van der Waals surface area contributed by atoms with E-state index in [1.807, 2.05) is 49.4 Å². The number of nitrogens with zero attached hydrogens (tertiary/aromatic N) is 1. The van der Waals surface area contributed by atoms with E-state index in [4.69, 9.17) is 9.26 Å². The monoisotopic (exact) mass is 338 g/mol. The number of fused-ring (bicyclic) bond motifs is 1. The molecule has 0 fully saturated rings. The highest BCUT2D eigenvalue weighted by molar-refractivity contribution is 5.85. The predicted molar refractivity (Wildman–Crippen MR) is 91.7 cm³/mol. The quantitative estimate of drug-likeness (QED) is 0.699. The fourth-order valence-electron chi connectivity index (χ4n) is 2.45. The van der Waals surface area contributed by atoms with E-state index < -0.39 is 5.97 Å². The summed E-state index contributed by atoms with van der Waals surface area (Å²) in [4.78, 5) is 23.7. The topological polar surface area (TPSA) is 81.4 Å². The summed E-state index contributed by atoms with van der Waals surface area (Å²) in [5, 5.41) is 7.37. The molecule has 3 rings (SSSR count). The van der Waals surface area contributed by atoms with Crippen molar-refractivity contribution in [3.05, 3.63) is 65.4 Å². The van der Waals surface area contributed by atoms with Crippen molar-refractivity contribution >= 4 is 22.8 Å². The number of nitrogens with one attached hydrogen (secondary N) is 1. The van der Waals surface area contributed by atoms with Gasteiger partial charge in [0.1, 0.15) is 5.69 Å². The minimum Gasteiger partial charge on any atom is -0.455 e. The van der Waals surface area contributed by atoms with Gasteiger partial charge in [0.2, 0.25) is 0 Å². The number of hydrogen-bond donors (Lipinski definition) is 1. The highest BCUT2D eigenvalue weighted by Gasteiger charge is 2.14. The maximum atomic E-state index is 11.9. The third-order valence-electron chi connectivity index (χ3n) is 3.87. The molecular formula is C19H18N2O4. The first-order valence-corrected chi connectivity index (χ1v) is 7.93. The van der Waals surface area contributed by atoms with Crippen LogP contribution in [0, 0.1) is 6.92 Å². The number of aromatic nitrogens is 1. The molecule has 0 radical (unpaired) electrons. The minimum atomic E-state index is -0.523. The molecule has 6 heteroatoms. The average Bonchev–Trinajstić information content (AvgIpc) is 3.02. The van der Waals surface area contributed by atoms with Gasteiger partial charge in [-0.1, -0.05) is 41.6 Å². The van der Waals surface area contributed by atoms with Crippen LogP contribution in [-0.2, 0) is 27.3 Å². The Morgan fingerprint density at radius 2 is 1.88 bits per heavy atom. The number of benzene rings is 2. The van der Waals surface area contributed by atoms with Crippen LogP contribution < -0.4 is 5.32 Å². The van der Waals surface area contributed by atoms with Crippen LogP contribution in [0.25, 0.3) is 11.0 Å². The van der Waals surface area contributed by atoms with E-state index in [1.165, 1.54) is 0 Å². The van der Waals surface area contributed by atoms with Gasteiger partial charge in [-0.3, -0.25) is 9.59 Å². The summed E-state index contributed by atoms with van der Waals surface area (Å²) >= 11 is 0. The zero-order chi connectivity index (χ0) is 17.6. The molecule has 1 N–H and O–H groups in total. The molecule has 25 heavy (non-hydrogen) atoms. The number of carbonyl (C=O) groups excluding carboxylic acids is 2. The molecule has 0 spiro atoms. The number of rotatable bonds is 6. The van der Waals surface area contributed by atoms with Gasteiger partial charge < -0.3 is 14.6 Å². The van der Waals surface area contributed by atoms with E-state index in [0.29, 0.717) is 17.8 Å². The van der Waals surface area contributed by atoms with E-state index in [-0.39, 0.29) is 18.9 Å². The van der Waals surface area contributed by atoms with E-state index in [0.717, 1.165) is 16.5 Å². The first-order valence-electron chi connectivity index (χ1n) is 7.93.